The molecule has 2 rings (SSSR count). The first-order valence-corrected chi connectivity index (χ1v) is 6.19. The molecule has 0 radical (unpaired) electrons. The summed E-state index contributed by atoms with van der Waals surface area (Å²) in [6, 6.07) is 1.33. The van der Waals surface area contributed by atoms with Crippen LogP contribution in [0, 0.1) is 11.7 Å². The third-order valence-electron chi connectivity index (χ3n) is 3.61. The van der Waals surface area contributed by atoms with E-state index in [0.717, 1.165) is 6.42 Å². The molecule has 1 aromatic carbocycles. The first kappa shape index (κ1) is 13.1. The average molecular weight is 254 g/mol. The summed E-state index contributed by atoms with van der Waals surface area (Å²) in [5.41, 5.74) is 1.11. The number of aliphatic hydroxyl groups excluding tert-OH is 1. The fraction of sp³-hybridized carbons (Fsp3) is 0.571. The van der Waals surface area contributed by atoms with E-state index >= 15 is 0 Å². The number of ether oxygens (including phenoxy) is 2. The lowest BCUT2D eigenvalue weighted by atomic mass is 9.98. The molecule has 0 saturated carbocycles. The summed E-state index contributed by atoms with van der Waals surface area (Å²) >= 11 is 0. The molecule has 100 valence electrons. The number of hydrogen-bond donors (Lipinski definition) is 1. The zero-order valence-electron chi connectivity index (χ0n) is 11.0. The minimum atomic E-state index is -0.697. The van der Waals surface area contributed by atoms with Gasteiger partial charge in [0, 0.05) is 11.6 Å². The molecule has 0 heterocycles. The molecule has 0 amide bonds. The second-order valence-corrected chi connectivity index (χ2v) is 4.88. The van der Waals surface area contributed by atoms with Gasteiger partial charge < -0.3 is 14.6 Å². The molecule has 0 aliphatic heterocycles. The minimum Gasteiger partial charge on any atom is -0.493 e. The van der Waals surface area contributed by atoms with Crippen LogP contribution in [0.4, 0.5) is 4.39 Å². The van der Waals surface area contributed by atoms with Crippen molar-refractivity contribution in [1.82, 2.24) is 0 Å². The molecule has 1 aliphatic rings. The molecule has 0 saturated heterocycles. The Morgan fingerprint density at radius 1 is 1.33 bits per heavy atom. The van der Waals surface area contributed by atoms with E-state index in [2.05, 4.69) is 6.92 Å². The van der Waals surface area contributed by atoms with Crippen LogP contribution in [0.1, 0.15) is 37.0 Å². The van der Waals surface area contributed by atoms with E-state index in [4.69, 9.17) is 9.47 Å². The van der Waals surface area contributed by atoms with E-state index in [1.807, 2.05) is 0 Å². The van der Waals surface area contributed by atoms with Crippen LogP contribution in [-0.2, 0) is 6.42 Å². The third kappa shape index (κ3) is 2.17. The van der Waals surface area contributed by atoms with Gasteiger partial charge in [0.2, 0.25) is 0 Å². The van der Waals surface area contributed by atoms with Gasteiger partial charge in [0.15, 0.2) is 11.5 Å². The fourth-order valence-corrected chi connectivity index (χ4v) is 2.64. The lowest BCUT2D eigenvalue weighted by Crippen LogP contribution is -2.07. The second kappa shape index (κ2) is 5.14. The molecular formula is C14H19FO3. The molecule has 0 spiro atoms. The Hall–Kier alpha value is -1.29. The molecular weight excluding hydrogens is 235 g/mol. The Morgan fingerprint density at radius 3 is 2.67 bits per heavy atom. The lowest BCUT2D eigenvalue weighted by molar-refractivity contribution is 0.145. The van der Waals surface area contributed by atoms with Gasteiger partial charge in [0.1, 0.15) is 5.82 Å². The van der Waals surface area contributed by atoms with E-state index in [1.54, 1.807) is 0 Å². The molecule has 0 bridgehead atoms. The van der Waals surface area contributed by atoms with Gasteiger partial charge in [-0.3, -0.25) is 0 Å². The normalized spacial score (nSPS) is 23.2. The highest BCUT2D eigenvalue weighted by molar-refractivity contribution is 5.53. The molecule has 4 heteroatoms. The average Bonchev–Trinajstić information content (AvgIpc) is 2.49. The molecule has 1 aliphatic carbocycles. The van der Waals surface area contributed by atoms with Gasteiger partial charge >= 0.3 is 0 Å². The van der Waals surface area contributed by atoms with Gasteiger partial charge in [-0.15, -0.1) is 0 Å². The van der Waals surface area contributed by atoms with Crippen LogP contribution in [0.25, 0.3) is 0 Å². The Bertz CT molecular complexity index is 445. The molecule has 1 N–H and O–H groups in total. The van der Waals surface area contributed by atoms with Crippen LogP contribution in [0.5, 0.6) is 11.5 Å². The zero-order valence-corrected chi connectivity index (χ0v) is 11.0. The first-order chi connectivity index (χ1) is 8.58. The van der Waals surface area contributed by atoms with Crippen LogP contribution in [-0.4, -0.2) is 19.3 Å². The molecule has 2 atom stereocenters. The largest absolute Gasteiger partial charge is 0.493 e. The van der Waals surface area contributed by atoms with Gasteiger partial charge in [0.05, 0.1) is 20.3 Å². The van der Waals surface area contributed by atoms with Crippen molar-refractivity contribution in [3.8, 4) is 11.5 Å². The third-order valence-corrected chi connectivity index (χ3v) is 3.61. The maximum absolute atomic E-state index is 14.1. The van der Waals surface area contributed by atoms with Gasteiger partial charge in [-0.25, -0.2) is 4.39 Å². The summed E-state index contributed by atoms with van der Waals surface area (Å²) < 4.78 is 24.5. The molecule has 0 fully saturated rings. The molecule has 1 aromatic rings. The van der Waals surface area contributed by atoms with Crippen molar-refractivity contribution < 1.29 is 19.0 Å². The minimum absolute atomic E-state index is 0.323. The Labute approximate surface area is 107 Å². The maximum Gasteiger partial charge on any atom is 0.166 e. The fourth-order valence-electron chi connectivity index (χ4n) is 2.64. The molecule has 18 heavy (non-hydrogen) atoms. The monoisotopic (exact) mass is 254 g/mol. The van der Waals surface area contributed by atoms with Crippen molar-refractivity contribution in [3.05, 3.63) is 23.0 Å². The second-order valence-electron chi connectivity index (χ2n) is 4.88. The summed E-state index contributed by atoms with van der Waals surface area (Å²) in [5.74, 6) is 0.830. The van der Waals surface area contributed by atoms with Crippen molar-refractivity contribution >= 4 is 0 Å². The number of halogens is 1. The van der Waals surface area contributed by atoms with Gasteiger partial charge in [-0.2, -0.15) is 0 Å². The number of aliphatic hydroxyl groups is 1. The molecule has 0 aromatic heterocycles. The van der Waals surface area contributed by atoms with Crippen LogP contribution < -0.4 is 9.47 Å². The summed E-state index contributed by atoms with van der Waals surface area (Å²) in [6.07, 6.45) is 1.42. The van der Waals surface area contributed by atoms with E-state index in [9.17, 15) is 9.50 Å². The number of benzene rings is 1. The van der Waals surface area contributed by atoms with Crippen molar-refractivity contribution in [1.29, 1.82) is 0 Å². The predicted molar refractivity (Wildman–Crippen MR) is 66.6 cm³/mol. The maximum atomic E-state index is 14.1. The highest BCUT2D eigenvalue weighted by Crippen LogP contribution is 2.43. The Balaban J connectivity index is 2.62. The summed E-state index contributed by atoms with van der Waals surface area (Å²) in [6.45, 7) is 2.07. The van der Waals surface area contributed by atoms with E-state index in [1.165, 1.54) is 20.3 Å². The Morgan fingerprint density at radius 2 is 2.06 bits per heavy atom. The van der Waals surface area contributed by atoms with Gasteiger partial charge in [0.25, 0.3) is 0 Å². The van der Waals surface area contributed by atoms with E-state index in [0.29, 0.717) is 41.4 Å². The van der Waals surface area contributed by atoms with Gasteiger partial charge in [-0.1, -0.05) is 6.92 Å². The van der Waals surface area contributed by atoms with E-state index < -0.39 is 6.10 Å². The van der Waals surface area contributed by atoms with Crippen molar-refractivity contribution in [2.75, 3.05) is 14.2 Å². The number of rotatable bonds is 2. The van der Waals surface area contributed by atoms with Crippen molar-refractivity contribution in [2.45, 2.75) is 32.3 Å². The van der Waals surface area contributed by atoms with E-state index in [-0.39, 0.29) is 5.82 Å². The lowest BCUT2D eigenvalue weighted by Gasteiger charge is -2.19. The smallest absolute Gasteiger partial charge is 0.166 e. The predicted octanol–water partition coefficient (Wildman–Crippen LogP) is 2.85. The molecule has 3 nitrogen and oxygen atoms in total. The van der Waals surface area contributed by atoms with Crippen molar-refractivity contribution in [2.24, 2.45) is 5.92 Å². The van der Waals surface area contributed by atoms with Crippen LogP contribution in [0.15, 0.2) is 6.07 Å². The summed E-state index contributed by atoms with van der Waals surface area (Å²) in [5, 5.41) is 10.3. The first-order valence-electron chi connectivity index (χ1n) is 6.19. The number of fused-ring (bicyclic) bond motifs is 1. The standard InChI is InChI=1S/C14H19FO3/c1-8-4-5-9-10(15)7-12(17-2)14(18-3)13(9)11(16)6-8/h7-8,11,16H,4-6H2,1-3H3. The SMILES string of the molecule is COc1cc(F)c2c(c1OC)C(O)CC(C)CC2. The van der Waals surface area contributed by atoms with Crippen molar-refractivity contribution in [3.63, 3.8) is 0 Å². The van der Waals surface area contributed by atoms with Crippen LogP contribution >= 0.6 is 0 Å². The highest BCUT2D eigenvalue weighted by Gasteiger charge is 2.28. The van der Waals surface area contributed by atoms with Crippen LogP contribution in [0.2, 0.25) is 0 Å². The Kier molecular flexibility index (Phi) is 3.76. The topological polar surface area (TPSA) is 38.7 Å². The highest BCUT2D eigenvalue weighted by atomic mass is 19.1. The summed E-state index contributed by atoms with van der Waals surface area (Å²) in [7, 11) is 2.98. The number of hydrogen-bond acceptors (Lipinski definition) is 3. The van der Waals surface area contributed by atoms with Gasteiger partial charge in [-0.05, 0) is 30.7 Å². The van der Waals surface area contributed by atoms with Crippen LogP contribution in [0.3, 0.4) is 0 Å². The summed E-state index contributed by atoms with van der Waals surface area (Å²) in [4.78, 5) is 0. The quantitative estimate of drug-likeness (QED) is 0.825. The molecule has 2 unspecified atom stereocenters. The number of methoxy groups -OCH3 is 2. The zero-order chi connectivity index (χ0) is 13.3.